The Hall–Kier alpha value is -2.99. The Kier molecular flexibility index (Phi) is 5.79. The Morgan fingerprint density at radius 2 is 1.73 bits per heavy atom. The molecule has 2 fully saturated rings. The standard InChI is InChI=1S/C27H33N5O/c1-17-7-5-8-18(2)31(17)21-13-14-22(16-21)32-24-12-4-3-11-23(24)30-25(27(32)33)19-9-6-10-20(15-19)26(28)29/h3-4,6,9-12,15,17-18,21-22H,5,7-8,13-14,16H2,1-2H3,(H3,28,29)/t17-,18+,21?,22?. The van der Waals surface area contributed by atoms with Crippen molar-refractivity contribution in [3.63, 3.8) is 0 Å². The second-order valence-corrected chi connectivity index (χ2v) is 9.82. The lowest BCUT2D eigenvalue weighted by Gasteiger charge is -2.43. The fraction of sp³-hybridized carbons (Fsp3) is 0.444. The summed E-state index contributed by atoms with van der Waals surface area (Å²) in [5.74, 6) is -0.0126. The minimum atomic E-state index is -0.0557. The first kappa shape index (κ1) is 21.8. The van der Waals surface area contributed by atoms with Gasteiger partial charge in [-0.15, -0.1) is 0 Å². The van der Waals surface area contributed by atoms with Crippen LogP contribution in [-0.4, -0.2) is 38.4 Å². The summed E-state index contributed by atoms with van der Waals surface area (Å²) >= 11 is 0. The van der Waals surface area contributed by atoms with Crippen LogP contribution in [0.5, 0.6) is 0 Å². The number of para-hydroxylation sites is 2. The molecule has 2 heterocycles. The highest BCUT2D eigenvalue weighted by molar-refractivity contribution is 5.96. The van der Waals surface area contributed by atoms with Crippen LogP contribution in [0.3, 0.4) is 0 Å². The van der Waals surface area contributed by atoms with Gasteiger partial charge in [0.05, 0.1) is 11.0 Å². The Bertz CT molecular complexity index is 1240. The molecular weight excluding hydrogens is 410 g/mol. The number of likely N-dealkylation sites (tertiary alicyclic amines) is 1. The molecule has 2 unspecified atom stereocenters. The van der Waals surface area contributed by atoms with Crippen molar-refractivity contribution in [3.05, 3.63) is 64.4 Å². The first-order chi connectivity index (χ1) is 15.9. The molecule has 0 radical (unpaired) electrons. The number of benzene rings is 2. The largest absolute Gasteiger partial charge is 0.384 e. The van der Waals surface area contributed by atoms with Gasteiger partial charge in [0, 0.05) is 35.3 Å². The van der Waals surface area contributed by atoms with E-state index in [0.29, 0.717) is 34.9 Å². The van der Waals surface area contributed by atoms with E-state index in [0.717, 1.165) is 30.3 Å². The minimum absolute atomic E-state index is 0.0126. The third-order valence-corrected chi connectivity index (χ3v) is 7.67. The fourth-order valence-corrected chi connectivity index (χ4v) is 6.14. The predicted octanol–water partition coefficient (Wildman–Crippen LogP) is 4.70. The van der Waals surface area contributed by atoms with Crippen LogP contribution in [-0.2, 0) is 0 Å². The first-order valence-corrected chi connectivity index (χ1v) is 12.2. The molecule has 1 saturated carbocycles. The van der Waals surface area contributed by atoms with Crippen LogP contribution in [0.15, 0.2) is 53.3 Å². The van der Waals surface area contributed by atoms with Gasteiger partial charge in [-0.25, -0.2) is 4.98 Å². The zero-order valence-electron chi connectivity index (χ0n) is 19.5. The summed E-state index contributed by atoms with van der Waals surface area (Å²) in [6, 6.07) is 17.1. The molecule has 172 valence electrons. The van der Waals surface area contributed by atoms with Crippen molar-refractivity contribution in [2.75, 3.05) is 0 Å². The zero-order chi connectivity index (χ0) is 23.1. The van der Waals surface area contributed by atoms with Gasteiger partial charge in [-0.1, -0.05) is 36.8 Å². The molecular formula is C27H33N5O. The van der Waals surface area contributed by atoms with Crippen molar-refractivity contribution in [1.29, 1.82) is 5.41 Å². The van der Waals surface area contributed by atoms with Gasteiger partial charge in [0.25, 0.3) is 5.56 Å². The lowest BCUT2D eigenvalue weighted by atomic mass is 9.94. The monoisotopic (exact) mass is 443 g/mol. The van der Waals surface area contributed by atoms with Crippen LogP contribution in [0.2, 0.25) is 0 Å². The molecule has 1 aliphatic carbocycles. The smallest absolute Gasteiger partial charge is 0.277 e. The molecule has 5 rings (SSSR count). The minimum Gasteiger partial charge on any atom is -0.384 e. The molecule has 2 aromatic carbocycles. The van der Waals surface area contributed by atoms with Crippen molar-refractivity contribution in [1.82, 2.24) is 14.5 Å². The number of amidine groups is 1. The van der Waals surface area contributed by atoms with Gasteiger partial charge >= 0.3 is 0 Å². The average molecular weight is 444 g/mol. The van der Waals surface area contributed by atoms with Crippen LogP contribution in [0, 0.1) is 5.41 Å². The molecule has 1 saturated heterocycles. The van der Waals surface area contributed by atoms with Gasteiger partial charge < -0.3 is 10.3 Å². The number of nitrogens with two attached hydrogens (primary N) is 1. The van der Waals surface area contributed by atoms with Gasteiger partial charge in [-0.05, 0) is 64.2 Å². The fourth-order valence-electron chi connectivity index (χ4n) is 6.14. The Morgan fingerprint density at radius 1 is 1.00 bits per heavy atom. The number of fused-ring (bicyclic) bond motifs is 1. The molecule has 0 spiro atoms. The number of hydrogen-bond acceptors (Lipinski definition) is 4. The number of nitrogen functional groups attached to an aromatic ring is 1. The number of piperidine rings is 1. The van der Waals surface area contributed by atoms with Gasteiger partial charge in [-0.3, -0.25) is 15.1 Å². The van der Waals surface area contributed by atoms with E-state index in [1.807, 2.05) is 41.0 Å². The molecule has 1 aliphatic heterocycles. The van der Waals surface area contributed by atoms with Crippen molar-refractivity contribution in [3.8, 4) is 11.3 Å². The summed E-state index contributed by atoms with van der Waals surface area (Å²) < 4.78 is 2.00. The third-order valence-electron chi connectivity index (χ3n) is 7.67. The predicted molar refractivity (Wildman–Crippen MR) is 134 cm³/mol. The molecule has 3 aromatic rings. The van der Waals surface area contributed by atoms with E-state index in [4.69, 9.17) is 16.1 Å². The maximum atomic E-state index is 13.9. The molecule has 2 aliphatic rings. The van der Waals surface area contributed by atoms with Crippen LogP contribution >= 0.6 is 0 Å². The van der Waals surface area contributed by atoms with Gasteiger partial charge in [0.2, 0.25) is 0 Å². The zero-order valence-corrected chi connectivity index (χ0v) is 19.5. The lowest BCUT2D eigenvalue weighted by Crippen LogP contribution is -2.49. The van der Waals surface area contributed by atoms with Crippen LogP contribution < -0.4 is 11.3 Å². The lowest BCUT2D eigenvalue weighted by molar-refractivity contribution is 0.0560. The SMILES string of the molecule is C[C@@H]1CCC[C@H](C)N1C1CCC(n2c(=O)c(-c3cccc(C(=N)N)c3)nc3ccccc32)C1. The second kappa shape index (κ2) is 8.75. The van der Waals surface area contributed by atoms with Crippen molar-refractivity contribution >= 4 is 16.9 Å². The summed E-state index contributed by atoms with van der Waals surface area (Å²) in [6.45, 7) is 4.72. The summed E-state index contributed by atoms with van der Waals surface area (Å²) in [5, 5.41) is 7.78. The van der Waals surface area contributed by atoms with Crippen molar-refractivity contribution in [2.45, 2.75) is 76.5 Å². The first-order valence-electron chi connectivity index (χ1n) is 12.2. The van der Waals surface area contributed by atoms with E-state index in [2.05, 4.69) is 18.7 Å². The van der Waals surface area contributed by atoms with Gasteiger partial charge in [0.1, 0.15) is 11.5 Å². The number of nitrogens with one attached hydrogen (secondary N) is 1. The van der Waals surface area contributed by atoms with Crippen molar-refractivity contribution < 1.29 is 0 Å². The van der Waals surface area contributed by atoms with E-state index < -0.39 is 0 Å². The van der Waals surface area contributed by atoms with Crippen LogP contribution in [0.1, 0.15) is 64.0 Å². The normalized spacial score (nSPS) is 26.0. The van der Waals surface area contributed by atoms with E-state index in [9.17, 15) is 4.79 Å². The molecule has 1 aromatic heterocycles. The summed E-state index contributed by atoms with van der Waals surface area (Å²) in [7, 11) is 0. The number of nitrogens with zero attached hydrogens (tertiary/aromatic N) is 3. The summed E-state index contributed by atoms with van der Waals surface area (Å²) in [6.07, 6.45) is 6.96. The summed E-state index contributed by atoms with van der Waals surface area (Å²) in [4.78, 5) is 21.3. The number of rotatable bonds is 4. The van der Waals surface area contributed by atoms with E-state index in [-0.39, 0.29) is 17.4 Å². The average Bonchev–Trinajstić information content (AvgIpc) is 3.27. The Morgan fingerprint density at radius 3 is 2.48 bits per heavy atom. The van der Waals surface area contributed by atoms with Gasteiger partial charge in [0.15, 0.2) is 0 Å². The van der Waals surface area contributed by atoms with Crippen molar-refractivity contribution in [2.24, 2.45) is 5.73 Å². The molecule has 6 heteroatoms. The molecule has 0 amide bonds. The van der Waals surface area contributed by atoms with Crippen LogP contribution in [0.25, 0.3) is 22.3 Å². The molecule has 3 N–H and O–H groups in total. The Balaban J connectivity index is 1.57. The molecule has 6 nitrogen and oxygen atoms in total. The molecule has 0 bridgehead atoms. The second-order valence-electron chi connectivity index (χ2n) is 9.82. The quantitative estimate of drug-likeness (QED) is 0.452. The highest BCUT2D eigenvalue weighted by Gasteiger charge is 2.37. The Labute approximate surface area is 194 Å². The topological polar surface area (TPSA) is 88.0 Å². The maximum absolute atomic E-state index is 13.9. The van der Waals surface area contributed by atoms with Gasteiger partial charge in [-0.2, -0.15) is 0 Å². The summed E-state index contributed by atoms with van der Waals surface area (Å²) in [5.41, 5.74) is 9.11. The highest BCUT2D eigenvalue weighted by Crippen LogP contribution is 2.38. The van der Waals surface area contributed by atoms with E-state index >= 15 is 0 Å². The van der Waals surface area contributed by atoms with E-state index in [1.165, 1.54) is 19.3 Å². The van der Waals surface area contributed by atoms with Crippen LogP contribution in [0.4, 0.5) is 0 Å². The highest BCUT2D eigenvalue weighted by atomic mass is 16.1. The number of hydrogen-bond donors (Lipinski definition) is 2. The number of aromatic nitrogens is 2. The van der Waals surface area contributed by atoms with E-state index in [1.54, 1.807) is 12.1 Å². The maximum Gasteiger partial charge on any atom is 0.277 e. The third kappa shape index (κ3) is 3.97. The molecule has 33 heavy (non-hydrogen) atoms. The molecule has 4 atom stereocenters.